The number of hydrogen-bond donors (Lipinski definition) is 1. The van der Waals surface area contributed by atoms with E-state index in [1.54, 1.807) is 23.1 Å². The van der Waals surface area contributed by atoms with Crippen molar-refractivity contribution in [2.24, 2.45) is 0 Å². The van der Waals surface area contributed by atoms with Crippen LogP contribution in [0.1, 0.15) is 36.6 Å². The predicted octanol–water partition coefficient (Wildman–Crippen LogP) is 3.17. The molecule has 0 atom stereocenters. The molecule has 9 heteroatoms. The van der Waals surface area contributed by atoms with Gasteiger partial charge < -0.3 is 10.0 Å². The van der Waals surface area contributed by atoms with Crippen molar-refractivity contribution in [1.29, 1.82) is 0 Å². The lowest BCUT2D eigenvalue weighted by atomic mass is 10.0. The fourth-order valence-electron chi connectivity index (χ4n) is 3.73. The predicted molar refractivity (Wildman–Crippen MR) is 128 cm³/mol. The Balaban J connectivity index is 1.84. The molecule has 0 unspecified atom stereocenters. The lowest BCUT2D eigenvalue weighted by Crippen LogP contribution is -2.30. The molecule has 3 aromatic rings. The van der Waals surface area contributed by atoms with Gasteiger partial charge in [-0.25, -0.2) is 9.48 Å². The van der Waals surface area contributed by atoms with Gasteiger partial charge in [0.2, 0.25) is 5.43 Å². The van der Waals surface area contributed by atoms with Crippen molar-refractivity contribution in [1.82, 2.24) is 24.5 Å². The largest absolute Gasteiger partial charge is 0.465 e. The van der Waals surface area contributed by atoms with Crippen LogP contribution in [0.5, 0.6) is 0 Å². The van der Waals surface area contributed by atoms with Crippen molar-refractivity contribution in [3.05, 3.63) is 69.9 Å². The molecule has 0 saturated carbocycles. The highest BCUT2D eigenvalue weighted by atomic mass is 16.4. The summed E-state index contributed by atoms with van der Waals surface area (Å²) >= 11 is 0. The maximum absolute atomic E-state index is 12.6. The zero-order chi connectivity index (χ0) is 24.0. The molecule has 0 fully saturated rings. The second-order valence-electron chi connectivity index (χ2n) is 8.36. The third-order valence-corrected chi connectivity index (χ3v) is 5.50. The topological polar surface area (TPSA) is 96.5 Å². The first-order chi connectivity index (χ1) is 15.8. The minimum Gasteiger partial charge on any atom is -0.465 e. The normalized spacial score (nSPS) is 11.2. The molecule has 2 aromatic heterocycles. The summed E-state index contributed by atoms with van der Waals surface area (Å²) in [6.45, 7) is 6.01. The molecule has 1 amide bonds. The molecule has 3 rings (SSSR count). The van der Waals surface area contributed by atoms with Crippen molar-refractivity contribution in [3.8, 4) is 5.69 Å². The molecule has 0 aliphatic heterocycles. The Morgan fingerprint density at radius 2 is 1.97 bits per heavy atom. The monoisotopic (exact) mass is 452 g/mol. The average molecular weight is 453 g/mol. The second-order valence-corrected chi connectivity index (χ2v) is 8.36. The zero-order valence-corrected chi connectivity index (χ0v) is 19.7. The van der Waals surface area contributed by atoms with Crippen LogP contribution in [-0.2, 0) is 13.0 Å². The molecule has 0 aliphatic carbocycles. The van der Waals surface area contributed by atoms with Gasteiger partial charge in [-0.05, 0) is 57.6 Å². The molecule has 9 nitrogen and oxygen atoms in total. The lowest BCUT2D eigenvalue weighted by molar-refractivity contribution is 0.201. The smallest absolute Gasteiger partial charge is 0.411 e. The van der Waals surface area contributed by atoms with Crippen LogP contribution in [0.25, 0.3) is 5.69 Å². The molecule has 33 heavy (non-hydrogen) atoms. The summed E-state index contributed by atoms with van der Waals surface area (Å²) in [5.41, 5.74) is 3.37. The van der Waals surface area contributed by atoms with Gasteiger partial charge in [-0.2, -0.15) is 10.2 Å². The summed E-state index contributed by atoms with van der Waals surface area (Å²) in [6, 6.07) is 7.03. The Kier molecular flexibility index (Phi) is 8.00. The Morgan fingerprint density at radius 3 is 2.67 bits per heavy atom. The van der Waals surface area contributed by atoms with Crippen molar-refractivity contribution >= 4 is 11.8 Å². The third kappa shape index (κ3) is 6.07. The maximum atomic E-state index is 12.6. The summed E-state index contributed by atoms with van der Waals surface area (Å²) in [6.07, 6.45) is 6.32. The fourth-order valence-corrected chi connectivity index (χ4v) is 3.73. The van der Waals surface area contributed by atoms with Gasteiger partial charge in [-0.15, -0.1) is 0 Å². The first-order valence-electron chi connectivity index (χ1n) is 11.2. The highest BCUT2D eigenvalue weighted by Crippen LogP contribution is 2.25. The number of amides is 1. The number of nitrogens with zero attached hydrogens (tertiary/aromatic N) is 6. The summed E-state index contributed by atoms with van der Waals surface area (Å²) in [5.74, 6) is 0. The van der Waals surface area contributed by atoms with E-state index >= 15 is 0 Å². The van der Waals surface area contributed by atoms with Crippen LogP contribution in [0.2, 0.25) is 0 Å². The Labute approximate surface area is 193 Å². The number of carbonyl (C=O) groups is 1. The molecule has 176 valence electrons. The van der Waals surface area contributed by atoms with Crippen molar-refractivity contribution in [3.63, 3.8) is 0 Å². The number of benzene rings is 1. The van der Waals surface area contributed by atoms with Gasteiger partial charge in [0.25, 0.3) is 0 Å². The Hall–Kier alpha value is -3.46. The first-order valence-corrected chi connectivity index (χ1v) is 11.2. The van der Waals surface area contributed by atoms with Gasteiger partial charge in [-0.1, -0.05) is 19.1 Å². The van der Waals surface area contributed by atoms with E-state index in [0.29, 0.717) is 30.8 Å². The van der Waals surface area contributed by atoms with Gasteiger partial charge in [0.05, 0.1) is 18.1 Å². The molecule has 0 radical (unpaired) electrons. The van der Waals surface area contributed by atoms with E-state index in [0.717, 1.165) is 36.3 Å². The quantitative estimate of drug-likeness (QED) is 0.508. The number of aromatic nitrogens is 4. The van der Waals surface area contributed by atoms with E-state index in [-0.39, 0.29) is 5.43 Å². The van der Waals surface area contributed by atoms with Gasteiger partial charge >= 0.3 is 6.09 Å². The van der Waals surface area contributed by atoms with E-state index in [1.165, 1.54) is 11.0 Å². The fraction of sp³-hybridized carbons (Fsp3) is 0.417. The van der Waals surface area contributed by atoms with Gasteiger partial charge in [-0.3, -0.25) is 14.4 Å². The molecular weight excluding hydrogens is 420 g/mol. The zero-order valence-electron chi connectivity index (χ0n) is 19.7. The van der Waals surface area contributed by atoms with Crippen molar-refractivity contribution < 1.29 is 9.90 Å². The lowest BCUT2D eigenvalue weighted by Gasteiger charge is -2.22. The maximum Gasteiger partial charge on any atom is 0.411 e. The Bertz CT molecular complexity index is 1150. The van der Waals surface area contributed by atoms with Crippen LogP contribution in [0.15, 0.2) is 47.7 Å². The summed E-state index contributed by atoms with van der Waals surface area (Å²) in [7, 11) is 4.08. The molecule has 0 saturated heterocycles. The molecule has 0 aliphatic rings. The molecule has 2 heterocycles. The molecule has 0 bridgehead atoms. The summed E-state index contributed by atoms with van der Waals surface area (Å²) in [5, 5.41) is 18.6. The number of aryl methyl sites for hydroxylation is 1. The van der Waals surface area contributed by atoms with Crippen LogP contribution in [0, 0.1) is 6.92 Å². The molecule has 1 N–H and O–H groups in total. The second kappa shape index (κ2) is 10.9. The minimum absolute atomic E-state index is 0.155. The van der Waals surface area contributed by atoms with Crippen LogP contribution in [0.3, 0.4) is 0 Å². The molecular formula is C24H32N6O3. The minimum atomic E-state index is -0.986. The van der Waals surface area contributed by atoms with Gasteiger partial charge in [0.15, 0.2) is 0 Å². The van der Waals surface area contributed by atoms with Crippen LogP contribution in [-0.4, -0.2) is 62.8 Å². The number of anilines is 1. The van der Waals surface area contributed by atoms with Gasteiger partial charge in [0.1, 0.15) is 11.4 Å². The number of hydrogen-bond acceptors (Lipinski definition) is 5. The van der Waals surface area contributed by atoms with E-state index in [1.807, 2.05) is 51.0 Å². The van der Waals surface area contributed by atoms with E-state index in [9.17, 15) is 14.7 Å². The standard InChI is InChI=1S/C24H32N6O3/c1-5-11-29(24(32)33)22-9-6-8-19(18(22)2)15-21-23(31)10-14-30(26-21)20-16-25-28(17-20)13-7-12-27(3)4/h6,8-10,14,16-17H,5,7,11-13,15H2,1-4H3,(H,32,33). The van der Waals surface area contributed by atoms with Crippen molar-refractivity contribution in [2.45, 2.75) is 39.7 Å². The number of carboxylic acid groups (broad SMARTS) is 1. The Morgan fingerprint density at radius 1 is 1.18 bits per heavy atom. The highest BCUT2D eigenvalue weighted by Gasteiger charge is 2.18. The summed E-state index contributed by atoms with van der Waals surface area (Å²) < 4.78 is 3.53. The van der Waals surface area contributed by atoms with E-state index < -0.39 is 6.09 Å². The van der Waals surface area contributed by atoms with Crippen molar-refractivity contribution in [2.75, 3.05) is 32.1 Å². The molecule has 1 aromatic carbocycles. The first kappa shape index (κ1) is 24.2. The van der Waals surface area contributed by atoms with E-state index in [2.05, 4.69) is 15.1 Å². The highest BCUT2D eigenvalue weighted by molar-refractivity contribution is 5.87. The van der Waals surface area contributed by atoms with E-state index in [4.69, 9.17) is 0 Å². The third-order valence-electron chi connectivity index (χ3n) is 5.50. The SMILES string of the molecule is CCCN(C(=O)O)c1cccc(Cc2nn(-c3cnn(CCCN(C)C)c3)ccc2=O)c1C. The number of rotatable bonds is 10. The summed E-state index contributed by atoms with van der Waals surface area (Å²) in [4.78, 5) is 27.8. The van der Waals surface area contributed by atoms with Gasteiger partial charge in [0, 0.05) is 31.8 Å². The molecule has 0 spiro atoms. The van der Waals surface area contributed by atoms with Crippen LogP contribution < -0.4 is 10.3 Å². The van der Waals surface area contributed by atoms with Crippen LogP contribution in [0.4, 0.5) is 10.5 Å². The van der Waals surface area contributed by atoms with Crippen LogP contribution >= 0.6 is 0 Å². The average Bonchev–Trinajstić information content (AvgIpc) is 3.23.